The quantitative estimate of drug-likeness (QED) is 0.275. The largest absolute Gasteiger partial charge is 0.495 e. The average molecular weight is 540 g/mol. The molecule has 4 aromatic rings. The number of methoxy groups -OCH3 is 2. The van der Waals surface area contributed by atoms with E-state index in [1.165, 1.54) is 11.3 Å². The lowest BCUT2D eigenvalue weighted by atomic mass is 9.87. The van der Waals surface area contributed by atoms with E-state index in [0.29, 0.717) is 40.2 Å². The summed E-state index contributed by atoms with van der Waals surface area (Å²) in [5.41, 5.74) is 2.40. The van der Waals surface area contributed by atoms with E-state index >= 15 is 0 Å². The molecule has 3 aromatic carbocycles. The predicted octanol–water partition coefficient (Wildman–Crippen LogP) is 5.96. The molecule has 5 rings (SSSR count). The highest BCUT2D eigenvalue weighted by Gasteiger charge is 2.36. The lowest BCUT2D eigenvalue weighted by Gasteiger charge is -2.31. The van der Waals surface area contributed by atoms with Crippen molar-refractivity contribution in [2.24, 2.45) is 0 Å². The summed E-state index contributed by atoms with van der Waals surface area (Å²) in [6.07, 6.45) is 0.801. The van der Waals surface area contributed by atoms with Gasteiger partial charge in [0.05, 0.1) is 20.1 Å². The van der Waals surface area contributed by atoms with E-state index in [0.717, 1.165) is 28.8 Å². The molecule has 0 fully saturated rings. The van der Waals surface area contributed by atoms with Crippen LogP contribution in [0, 0.1) is 0 Å². The SMILES string of the molecule is COc1ccc(OC)c2sc(N(CCCN(C)C)C(=O)C3c4ccccc4Oc4ccccc43)nc12.Cl. The minimum atomic E-state index is -0.499. The number of benzene rings is 3. The Labute approximate surface area is 227 Å². The highest BCUT2D eigenvalue weighted by Crippen LogP contribution is 2.46. The van der Waals surface area contributed by atoms with Crippen LogP contribution in [-0.2, 0) is 4.79 Å². The number of carbonyl (C=O) groups excluding carboxylic acids is 1. The number of thiazole rings is 1. The van der Waals surface area contributed by atoms with Crippen molar-refractivity contribution in [1.29, 1.82) is 0 Å². The molecule has 2 heterocycles. The highest BCUT2D eigenvalue weighted by atomic mass is 35.5. The maximum atomic E-state index is 14.4. The molecule has 1 aromatic heterocycles. The topological polar surface area (TPSA) is 64.1 Å². The zero-order valence-electron chi connectivity index (χ0n) is 21.3. The summed E-state index contributed by atoms with van der Waals surface area (Å²) in [7, 11) is 7.32. The van der Waals surface area contributed by atoms with E-state index < -0.39 is 5.92 Å². The second-order valence-electron chi connectivity index (χ2n) is 8.90. The molecule has 0 aliphatic carbocycles. The van der Waals surface area contributed by atoms with E-state index in [1.807, 2.05) is 79.7 Å². The van der Waals surface area contributed by atoms with Gasteiger partial charge >= 0.3 is 0 Å². The molecule has 1 aliphatic rings. The Morgan fingerprint density at radius 1 is 0.919 bits per heavy atom. The average Bonchev–Trinajstić information content (AvgIpc) is 3.33. The molecule has 0 bridgehead atoms. The number of ether oxygens (including phenoxy) is 3. The van der Waals surface area contributed by atoms with Crippen molar-refractivity contribution in [3.05, 3.63) is 71.8 Å². The van der Waals surface area contributed by atoms with Gasteiger partial charge in [0.25, 0.3) is 0 Å². The molecule has 0 saturated heterocycles. The normalized spacial score (nSPS) is 12.4. The van der Waals surface area contributed by atoms with Gasteiger partial charge in [-0.1, -0.05) is 47.7 Å². The summed E-state index contributed by atoms with van der Waals surface area (Å²) in [6.45, 7) is 1.38. The van der Waals surface area contributed by atoms with Crippen molar-refractivity contribution >= 4 is 45.0 Å². The second kappa shape index (κ2) is 11.4. The maximum absolute atomic E-state index is 14.4. The fraction of sp³-hybridized carbons (Fsp3) is 0.286. The van der Waals surface area contributed by atoms with Gasteiger partial charge in [-0.15, -0.1) is 12.4 Å². The first kappa shape index (κ1) is 26.7. The molecule has 9 heteroatoms. The van der Waals surface area contributed by atoms with Gasteiger partial charge in [-0.05, 0) is 51.3 Å². The van der Waals surface area contributed by atoms with Crippen LogP contribution < -0.4 is 19.1 Å². The summed E-state index contributed by atoms with van der Waals surface area (Å²) in [6, 6.07) is 19.2. The number of halogens is 1. The number of para-hydroxylation sites is 2. The lowest BCUT2D eigenvalue weighted by molar-refractivity contribution is -0.119. The van der Waals surface area contributed by atoms with Crippen LogP contribution in [0.25, 0.3) is 10.2 Å². The first-order valence-corrected chi connectivity index (χ1v) is 12.7. The van der Waals surface area contributed by atoms with Gasteiger partial charge in [0, 0.05) is 17.7 Å². The Morgan fingerprint density at radius 3 is 2.11 bits per heavy atom. The van der Waals surface area contributed by atoms with Crippen molar-refractivity contribution in [3.63, 3.8) is 0 Å². The van der Waals surface area contributed by atoms with Crippen LogP contribution in [-0.4, -0.2) is 57.2 Å². The van der Waals surface area contributed by atoms with Crippen LogP contribution in [0.3, 0.4) is 0 Å². The minimum absolute atomic E-state index is 0. The fourth-order valence-corrected chi connectivity index (χ4v) is 5.67. The summed E-state index contributed by atoms with van der Waals surface area (Å²) < 4.78 is 18.1. The highest BCUT2D eigenvalue weighted by molar-refractivity contribution is 7.22. The molecule has 0 N–H and O–H groups in total. The number of carbonyl (C=O) groups is 1. The van der Waals surface area contributed by atoms with Gasteiger partial charge in [0.2, 0.25) is 5.91 Å². The van der Waals surface area contributed by atoms with E-state index in [2.05, 4.69) is 4.90 Å². The third kappa shape index (κ3) is 5.09. The summed E-state index contributed by atoms with van der Waals surface area (Å²) >= 11 is 1.44. The van der Waals surface area contributed by atoms with E-state index in [9.17, 15) is 4.79 Å². The lowest BCUT2D eigenvalue weighted by Crippen LogP contribution is -2.38. The van der Waals surface area contributed by atoms with E-state index in [-0.39, 0.29) is 18.3 Å². The van der Waals surface area contributed by atoms with Crippen molar-refractivity contribution in [1.82, 2.24) is 9.88 Å². The van der Waals surface area contributed by atoms with Crippen molar-refractivity contribution in [2.45, 2.75) is 12.3 Å². The smallest absolute Gasteiger partial charge is 0.241 e. The molecule has 194 valence electrons. The van der Waals surface area contributed by atoms with Crippen LogP contribution in [0.4, 0.5) is 5.13 Å². The molecule has 0 radical (unpaired) electrons. The fourth-order valence-electron chi connectivity index (χ4n) is 4.57. The van der Waals surface area contributed by atoms with Crippen molar-refractivity contribution < 1.29 is 19.0 Å². The Balaban J connectivity index is 0.00000320. The van der Waals surface area contributed by atoms with Gasteiger partial charge in [0.15, 0.2) is 5.13 Å². The molecule has 0 saturated carbocycles. The van der Waals surface area contributed by atoms with Crippen LogP contribution in [0.1, 0.15) is 23.5 Å². The van der Waals surface area contributed by atoms with Crippen LogP contribution >= 0.6 is 23.7 Å². The number of fused-ring (bicyclic) bond motifs is 3. The van der Waals surface area contributed by atoms with E-state index in [4.69, 9.17) is 19.2 Å². The first-order chi connectivity index (χ1) is 17.5. The molecule has 1 amide bonds. The number of nitrogens with zero attached hydrogens (tertiary/aromatic N) is 3. The third-order valence-electron chi connectivity index (χ3n) is 6.31. The molecule has 7 nitrogen and oxygen atoms in total. The van der Waals surface area contributed by atoms with Gasteiger partial charge in [-0.3, -0.25) is 9.69 Å². The number of rotatable bonds is 8. The van der Waals surface area contributed by atoms with Gasteiger partial charge in [-0.25, -0.2) is 4.98 Å². The molecule has 0 unspecified atom stereocenters. The Bertz CT molecular complexity index is 1320. The second-order valence-corrected chi connectivity index (χ2v) is 9.88. The number of hydrogen-bond donors (Lipinski definition) is 0. The van der Waals surface area contributed by atoms with Crippen LogP contribution in [0.2, 0.25) is 0 Å². The summed E-state index contributed by atoms with van der Waals surface area (Å²) in [5.74, 6) is 2.23. The molecule has 37 heavy (non-hydrogen) atoms. The zero-order valence-corrected chi connectivity index (χ0v) is 22.9. The summed E-state index contributed by atoms with van der Waals surface area (Å²) in [4.78, 5) is 23.3. The van der Waals surface area contributed by atoms with Gasteiger partial charge in [-0.2, -0.15) is 0 Å². The van der Waals surface area contributed by atoms with Crippen molar-refractivity contribution in [3.8, 4) is 23.0 Å². The Hall–Kier alpha value is -3.33. The molecule has 0 atom stereocenters. The number of anilines is 1. The van der Waals surface area contributed by atoms with Crippen LogP contribution in [0.5, 0.6) is 23.0 Å². The monoisotopic (exact) mass is 539 g/mol. The maximum Gasteiger partial charge on any atom is 0.241 e. The van der Waals surface area contributed by atoms with E-state index in [1.54, 1.807) is 14.2 Å². The summed E-state index contributed by atoms with van der Waals surface area (Å²) in [5, 5.41) is 0.623. The van der Waals surface area contributed by atoms with Crippen molar-refractivity contribution in [2.75, 3.05) is 46.3 Å². The molecule has 1 aliphatic heterocycles. The zero-order chi connectivity index (χ0) is 25.2. The predicted molar refractivity (Wildman–Crippen MR) is 150 cm³/mol. The Morgan fingerprint density at radius 2 is 1.51 bits per heavy atom. The number of amides is 1. The van der Waals surface area contributed by atoms with Crippen LogP contribution in [0.15, 0.2) is 60.7 Å². The van der Waals surface area contributed by atoms with Gasteiger partial charge < -0.3 is 19.1 Å². The third-order valence-corrected chi connectivity index (χ3v) is 7.40. The standard InChI is InChI=1S/C28H29N3O4S.ClH/c1-30(2)16-9-17-31(28-29-25-22(33-3)14-15-23(34-4)26(25)36-28)27(32)24-18-10-5-7-12-20(18)35-21-13-8-6-11-19(21)24;/h5-8,10-15,24H,9,16-17H2,1-4H3;1H. The Kier molecular flexibility index (Phi) is 8.22. The first-order valence-electron chi connectivity index (χ1n) is 11.8. The molecular weight excluding hydrogens is 510 g/mol. The number of hydrogen-bond acceptors (Lipinski definition) is 7. The van der Waals surface area contributed by atoms with Gasteiger partial charge in [0.1, 0.15) is 33.2 Å². The molecular formula is C28H30ClN3O4S. The number of aromatic nitrogens is 1. The molecule has 0 spiro atoms. The minimum Gasteiger partial charge on any atom is -0.495 e.